The van der Waals surface area contributed by atoms with Crippen LogP contribution in [0, 0.1) is 18.8 Å². The van der Waals surface area contributed by atoms with Crippen LogP contribution in [0.15, 0.2) is 24.3 Å². The van der Waals surface area contributed by atoms with Crippen LogP contribution in [0.4, 0.5) is 0 Å². The van der Waals surface area contributed by atoms with E-state index >= 15 is 0 Å². The van der Waals surface area contributed by atoms with Crippen molar-refractivity contribution < 1.29 is 4.74 Å². The monoisotopic (exact) mass is 247 g/mol. The SMILES string of the molecule is COCCNCC(Cc1ccc(C)cc1)C1CC1. The smallest absolute Gasteiger partial charge is 0.0587 e. The maximum Gasteiger partial charge on any atom is 0.0587 e. The topological polar surface area (TPSA) is 21.3 Å². The van der Waals surface area contributed by atoms with Crippen LogP contribution >= 0.6 is 0 Å². The summed E-state index contributed by atoms with van der Waals surface area (Å²) in [6.07, 6.45) is 4.05. The minimum Gasteiger partial charge on any atom is -0.383 e. The van der Waals surface area contributed by atoms with Gasteiger partial charge in [0.1, 0.15) is 0 Å². The third kappa shape index (κ3) is 4.43. The maximum atomic E-state index is 5.07. The molecule has 1 aliphatic carbocycles. The van der Waals surface area contributed by atoms with Crippen LogP contribution in [-0.2, 0) is 11.2 Å². The van der Waals surface area contributed by atoms with Crippen molar-refractivity contribution in [2.75, 3.05) is 26.8 Å². The minimum atomic E-state index is 0.796. The van der Waals surface area contributed by atoms with Crippen LogP contribution in [-0.4, -0.2) is 26.8 Å². The quantitative estimate of drug-likeness (QED) is 0.713. The summed E-state index contributed by atoms with van der Waals surface area (Å²) in [7, 11) is 1.76. The molecule has 1 aromatic carbocycles. The Labute approximate surface area is 111 Å². The molecule has 0 bridgehead atoms. The first-order valence-electron chi connectivity index (χ1n) is 7.05. The molecule has 2 heteroatoms. The Bertz CT molecular complexity index is 343. The molecule has 0 heterocycles. The van der Waals surface area contributed by atoms with Gasteiger partial charge in [-0.05, 0) is 50.1 Å². The lowest BCUT2D eigenvalue weighted by molar-refractivity contribution is 0.197. The summed E-state index contributed by atoms with van der Waals surface area (Å²) in [5.41, 5.74) is 2.82. The van der Waals surface area contributed by atoms with Crippen molar-refractivity contribution in [1.82, 2.24) is 5.32 Å². The fourth-order valence-corrected chi connectivity index (χ4v) is 2.46. The Morgan fingerprint density at radius 2 is 2.00 bits per heavy atom. The molecular weight excluding hydrogens is 222 g/mol. The summed E-state index contributed by atoms with van der Waals surface area (Å²) < 4.78 is 5.07. The van der Waals surface area contributed by atoms with Crippen LogP contribution in [0.2, 0.25) is 0 Å². The Morgan fingerprint density at radius 1 is 1.28 bits per heavy atom. The van der Waals surface area contributed by atoms with Crippen molar-refractivity contribution in [2.45, 2.75) is 26.2 Å². The molecule has 1 aliphatic rings. The van der Waals surface area contributed by atoms with Crippen molar-refractivity contribution >= 4 is 0 Å². The average molecular weight is 247 g/mol. The highest BCUT2D eigenvalue weighted by Crippen LogP contribution is 2.38. The maximum absolute atomic E-state index is 5.07. The third-order valence-electron chi connectivity index (χ3n) is 3.80. The van der Waals surface area contributed by atoms with Crippen LogP contribution in [0.3, 0.4) is 0 Å². The Hall–Kier alpha value is -0.860. The molecule has 0 radical (unpaired) electrons. The summed E-state index contributed by atoms with van der Waals surface area (Å²) in [5.74, 6) is 1.74. The molecule has 1 unspecified atom stereocenters. The van der Waals surface area contributed by atoms with Crippen LogP contribution < -0.4 is 5.32 Å². The third-order valence-corrected chi connectivity index (χ3v) is 3.80. The van der Waals surface area contributed by atoms with E-state index in [-0.39, 0.29) is 0 Å². The van der Waals surface area contributed by atoms with Gasteiger partial charge in [-0.25, -0.2) is 0 Å². The van der Waals surface area contributed by atoms with Crippen molar-refractivity contribution in [3.8, 4) is 0 Å². The lowest BCUT2D eigenvalue weighted by atomic mass is 9.94. The van der Waals surface area contributed by atoms with Gasteiger partial charge >= 0.3 is 0 Å². The number of nitrogens with one attached hydrogen (secondary N) is 1. The molecule has 1 aromatic rings. The molecule has 2 nitrogen and oxygen atoms in total. The zero-order chi connectivity index (χ0) is 12.8. The summed E-state index contributed by atoms with van der Waals surface area (Å²) >= 11 is 0. The fraction of sp³-hybridized carbons (Fsp3) is 0.625. The number of aryl methyl sites for hydroxylation is 1. The van der Waals surface area contributed by atoms with E-state index in [1.165, 1.54) is 30.4 Å². The van der Waals surface area contributed by atoms with Crippen molar-refractivity contribution in [3.63, 3.8) is 0 Å². The van der Waals surface area contributed by atoms with E-state index in [2.05, 4.69) is 36.5 Å². The van der Waals surface area contributed by atoms with Gasteiger partial charge in [-0.1, -0.05) is 29.8 Å². The van der Waals surface area contributed by atoms with E-state index in [1.54, 1.807) is 7.11 Å². The highest BCUT2D eigenvalue weighted by atomic mass is 16.5. The molecule has 0 spiro atoms. The molecule has 100 valence electrons. The van der Waals surface area contributed by atoms with Crippen LogP contribution in [0.25, 0.3) is 0 Å². The van der Waals surface area contributed by atoms with E-state index in [0.29, 0.717) is 0 Å². The van der Waals surface area contributed by atoms with Gasteiger partial charge in [-0.15, -0.1) is 0 Å². The first kappa shape index (κ1) is 13.6. The van der Waals surface area contributed by atoms with Crippen molar-refractivity contribution in [3.05, 3.63) is 35.4 Å². The van der Waals surface area contributed by atoms with Crippen LogP contribution in [0.5, 0.6) is 0 Å². The van der Waals surface area contributed by atoms with E-state index in [0.717, 1.165) is 31.5 Å². The van der Waals surface area contributed by atoms with Gasteiger partial charge in [0.25, 0.3) is 0 Å². The Kier molecular flexibility index (Phi) is 5.21. The van der Waals surface area contributed by atoms with Gasteiger partial charge < -0.3 is 10.1 Å². The number of methoxy groups -OCH3 is 1. The lowest BCUT2D eigenvalue weighted by Crippen LogP contribution is -2.28. The Morgan fingerprint density at radius 3 is 2.61 bits per heavy atom. The summed E-state index contributed by atoms with van der Waals surface area (Å²) in [6.45, 7) is 5.05. The van der Waals surface area contributed by atoms with Crippen LogP contribution in [0.1, 0.15) is 24.0 Å². The summed E-state index contributed by atoms with van der Waals surface area (Å²) in [4.78, 5) is 0. The molecular formula is C16H25NO. The molecule has 1 N–H and O–H groups in total. The molecule has 1 fully saturated rings. The Balaban J connectivity index is 1.80. The lowest BCUT2D eigenvalue weighted by Gasteiger charge is -2.17. The second-order valence-electron chi connectivity index (χ2n) is 5.48. The first-order valence-corrected chi connectivity index (χ1v) is 7.05. The highest BCUT2D eigenvalue weighted by Gasteiger charge is 2.30. The molecule has 0 aliphatic heterocycles. The van der Waals surface area contributed by atoms with Crippen molar-refractivity contribution in [2.24, 2.45) is 11.8 Å². The summed E-state index contributed by atoms with van der Waals surface area (Å²) in [5, 5.41) is 3.51. The molecule has 1 atom stereocenters. The van der Waals surface area contributed by atoms with Crippen molar-refractivity contribution in [1.29, 1.82) is 0 Å². The minimum absolute atomic E-state index is 0.796. The molecule has 2 rings (SSSR count). The number of rotatable bonds is 8. The predicted molar refractivity (Wildman–Crippen MR) is 75.8 cm³/mol. The van der Waals surface area contributed by atoms with Gasteiger partial charge in [0.2, 0.25) is 0 Å². The van der Waals surface area contributed by atoms with Gasteiger partial charge in [-0.2, -0.15) is 0 Å². The largest absolute Gasteiger partial charge is 0.383 e. The number of benzene rings is 1. The van der Waals surface area contributed by atoms with E-state index in [9.17, 15) is 0 Å². The highest BCUT2D eigenvalue weighted by molar-refractivity contribution is 5.22. The normalized spacial score (nSPS) is 16.8. The summed E-state index contributed by atoms with van der Waals surface area (Å²) in [6, 6.07) is 9.00. The second kappa shape index (κ2) is 6.91. The van der Waals surface area contributed by atoms with E-state index in [1.807, 2.05) is 0 Å². The van der Waals surface area contributed by atoms with Gasteiger partial charge in [0.15, 0.2) is 0 Å². The number of hydrogen-bond acceptors (Lipinski definition) is 2. The standard InChI is InChI=1S/C16H25NO/c1-13-3-5-14(6-4-13)11-16(15-7-8-15)12-17-9-10-18-2/h3-6,15-17H,7-12H2,1-2H3. The van der Waals surface area contributed by atoms with E-state index in [4.69, 9.17) is 4.74 Å². The number of ether oxygens (including phenoxy) is 1. The number of hydrogen-bond donors (Lipinski definition) is 1. The molecule has 1 saturated carbocycles. The van der Waals surface area contributed by atoms with E-state index < -0.39 is 0 Å². The van der Waals surface area contributed by atoms with Gasteiger partial charge in [-0.3, -0.25) is 0 Å². The zero-order valence-corrected chi connectivity index (χ0v) is 11.6. The molecule has 0 amide bonds. The fourth-order valence-electron chi connectivity index (χ4n) is 2.46. The zero-order valence-electron chi connectivity index (χ0n) is 11.6. The molecule has 0 aromatic heterocycles. The predicted octanol–water partition coefficient (Wildman–Crippen LogP) is 2.80. The average Bonchev–Trinajstić information content (AvgIpc) is 3.20. The molecule has 18 heavy (non-hydrogen) atoms. The van der Waals surface area contributed by atoms with Gasteiger partial charge in [0, 0.05) is 13.7 Å². The first-order chi connectivity index (χ1) is 8.79. The second-order valence-corrected chi connectivity index (χ2v) is 5.48. The van der Waals surface area contributed by atoms with Gasteiger partial charge in [0.05, 0.1) is 6.61 Å². The molecule has 0 saturated heterocycles.